The Labute approximate surface area is 80.2 Å². The van der Waals surface area contributed by atoms with Gasteiger partial charge in [-0.2, -0.15) is 0 Å². The third-order valence-corrected chi connectivity index (χ3v) is 1.94. The van der Waals surface area contributed by atoms with Crippen LogP contribution < -0.4 is 0 Å². The average Bonchev–Trinajstić information content (AvgIpc) is 2.01. The normalized spacial score (nSPS) is 14.1. The van der Waals surface area contributed by atoms with Crippen molar-refractivity contribution in [2.24, 2.45) is 0 Å². The Kier molecular flexibility index (Phi) is 2.85. The fourth-order valence-corrected chi connectivity index (χ4v) is 1.27. The van der Waals surface area contributed by atoms with Crippen LogP contribution in [0.2, 0.25) is 0 Å². The molecule has 0 bridgehead atoms. The van der Waals surface area contributed by atoms with Crippen LogP contribution in [-0.2, 0) is 5.92 Å². The summed E-state index contributed by atoms with van der Waals surface area (Å²) in [6.45, 7) is 2.04. The molecule has 14 heavy (non-hydrogen) atoms. The van der Waals surface area contributed by atoms with Crippen molar-refractivity contribution in [2.75, 3.05) is 0 Å². The van der Waals surface area contributed by atoms with Crippen LogP contribution in [0.5, 0.6) is 0 Å². The second-order valence-corrected chi connectivity index (χ2v) is 3.30. The zero-order valence-electron chi connectivity index (χ0n) is 7.89. The Bertz CT molecular complexity index is 329. The summed E-state index contributed by atoms with van der Waals surface area (Å²) < 4.78 is 38.7. The summed E-state index contributed by atoms with van der Waals surface area (Å²) in [5, 5.41) is 9.20. The molecule has 0 aliphatic heterocycles. The molecule has 1 aromatic rings. The van der Waals surface area contributed by atoms with Crippen molar-refractivity contribution in [1.29, 1.82) is 0 Å². The van der Waals surface area contributed by atoms with Gasteiger partial charge in [0.05, 0.1) is 6.10 Å². The molecule has 0 aliphatic rings. The zero-order chi connectivity index (χ0) is 10.9. The monoisotopic (exact) mass is 204 g/mol. The van der Waals surface area contributed by atoms with Gasteiger partial charge in [0.25, 0.3) is 5.92 Å². The molecule has 0 amide bonds. The van der Waals surface area contributed by atoms with Gasteiger partial charge in [0, 0.05) is 12.5 Å². The predicted octanol–water partition coefficient (Wildman–Crippen LogP) is 2.99. The minimum Gasteiger partial charge on any atom is -0.389 e. The maximum absolute atomic E-state index is 13.0. The molecule has 0 fully saturated rings. The van der Waals surface area contributed by atoms with Crippen molar-refractivity contribution >= 4 is 0 Å². The lowest BCUT2D eigenvalue weighted by molar-refractivity contribution is 0.0137. The highest BCUT2D eigenvalue weighted by Crippen LogP contribution is 2.33. The maximum Gasteiger partial charge on any atom is 0.270 e. The predicted molar refractivity (Wildman–Crippen MR) is 46.6 cm³/mol. The molecule has 0 aromatic heterocycles. The Morgan fingerprint density at radius 2 is 1.93 bits per heavy atom. The second kappa shape index (κ2) is 3.61. The second-order valence-electron chi connectivity index (χ2n) is 3.30. The molecular formula is C10H11F3O. The van der Waals surface area contributed by atoms with Crippen LogP contribution in [-0.4, -0.2) is 5.11 Å². The largest absolute Gasteiger partial charge is 0.389 e. The maximum atomic E-state index is 13.0. The first-order valence-electron chi connectivity index (χ1n) is 4.18. The smallest absolute Gasteiger partial charge is 0.270 e. The number of aliphatic hydroxyl groups is 1. The third-order valence-electron chi connectivity index (χ3n) is 1.94. The van der Waals surface area contributed by atoms with E-state index in [0.29, 0.717) is 6.92 Å². The van der Waals surface area contributed by atoms with Crippen LogP contribution in [0, 0.1) is 5.82 Å². The summed E-state index contributed by atoms with van der Waals surface area (Å²) in [5.41, 5.74) is -0.411. The van der Waals surface area contributed by atoms with Crippen LogP contribution in [0.25, 0.3) is 0 Å². The van der Waals surface area contributed by atoms with Gasteiger partial charge in [0.1, 0.15) is 5.82 Å². The van der Waals surface area contributed by atoms with Gasteiger partial charge in [-0.1, -0.05) is 6.07 Å². The lowest BCUT2D eigenvalue weighted by atomic mass is 9.99. The Balaban J connectivity index is 3.30. The summed E-state index contributed by atoms with van der Waals surface area (Å²) in [5.74, 6) is -3.88. The average molecular weight is 204 g/mol. The van der Waals surface area contributed by atoms with Gasteiger partial charge in [-0.05, 0) is 24.6 Å². The molecule has 1 aromatic carbocycles. The number of aliphatic hydroxyl groups excluding tert-OH is 1. The molecule has 1 N–H and O–H groups in total. The lowest BCUT2D eigenvalue weighted by Gasteiger charge is -2.17. The highest BCUT2D eigenvalue weighted by molar-refractivity contribution is 5.32. The van der Waals surface area contributed by atoms with E-state index in [1.165, 1.54) is 13.0 Å². The van der Waals surface area contributed by atoms with Crippen LogP contribution >= 0.6 is 0 Å². The molecule has 1 nitrogen and oxygen atoms in total. The Morgan fingerprint density at radius 1 is 1.36 bits per heavy atom. The molecular weight excluding hydrogens is 193 g/mol. The van der Waals surface area contributed by atoms with Gasteiger partial charge in [-0.25, -0.2) is 13.2 Å². The first-order valence-corrected chi connectivity index (χ1v) is 4.18. The van der Waals surface area contributed by atoms with Gasteiger partial charge >= 0.3 is 0 Å². The van der Waals surface area contributed by atoms with Crippen LogP contribution in [0.3, 0.4) is 0 Å². The molecule has 78 valence electrons. The summed E-state index contributed by atoms with van der Waals surface area (Å²) in [6.07, 6.45) is -1.03. The number of hydrogen-bond donors (Lipinski definition) is 1. The summed E-state index contributed by atoms with van der Waals surface area (Å²) in [6, 6.07) is 2.98. The molecule has 1 atom stereocenters. The van der Waals surface area contributed by atoms with Crippen LogP contribution in [0.1, 0.15) is 31.1 Å². The number of rotatable bonds is 2. The van der Waals surface area contributed by atoms with E-state index in [2.05, 4.69) is 0 Å². The molecule has 0 saturated heterocycles. The first-order chi connectivity index (χ1) is 6.32. The number of hydrogen-bond acceptors (Lipinski definition) is 1. The SMILES string of the molecule is CC(O)c1ccc(F)cc1C(C)(F)F. The van der Waals surface area contributed by atoms with E-state index < -0.39 is 23.4 Å². The summed E-state index contributed by atoms with van der Waals surface area (Å²) in [4.78, 5) is 0. The van der Waals surface area contributed by atoms with Gasteiger partial charge in [-0.3, -0.25) is 0 Å². The molecule has 4 heteroatoms. The van der Waals surface area contributed by atoms with Crippen LogP contribution in [0.15, 0.2) is 18.2 Å². The lowest BCUT2D eigenvalue weighted by Crippen LogP contribution is -2.12. The van der Waals surface area contributed by atoms with Crippen molar-refractivity contribution in [3.8, 4) is 0 Å². The molecule has 1 rings (SSSR count). The fraction of sp³-hybridized carbons (Fsp3) is 0.400. The third kappa shape index (κ3) is 2.26. The molecule has 1 unspecified atom stereocenters. The van der Waals surface area contributed by atoms with E-state index in [-0.39, 0.29) is 5.56 Å². The van der Waals surface area contributed by atoms with E-state index in [4.69, 9.17) is 0 Å². The Hall–Kier alpha value is -1.03. The molecule has 0 aliphatic carbocycles. The summed E-state index contributed by atoms with van der Waals surface area (Å²) >= 11 is 0. The molecule has 0 saturated carbocycles. The molecule has 0 heterocycles. The quantitative estimate of drug-likeness (QED) is 0.785. The number of halogens is 3. The number of benzene rings is 1. The topological polar surface area (TPSA) is 20.2 Å². The van der Waals surface area contributed by atoms with Gasteiger partial charge in [-0.15, -0.1) is 0 Å². The minimum absolute atomic E-state index is 0.0545. The van der Waals surface area contributed by atoms with Crippen molar-refractivity contribution in [2.45, 2.75) is 25.9 Å². The highest BCUT2D eigenvalue weighted by atomic mass is 19.3. The number of alkyl halides is 2. The van der Waals surface area contributed by atoms with Gasteiger partial charge in [0.2, 0.25) is 0 Å². The van der Waals surface area contributed by atoms with Crippen molar-refractivity contribution in [3.63, 3.8) is 0 Å². The first kappa shape index (κ1) is 11.0. The van der Waals surface area contributed by atoms with Crippen molar-refractivity contribution < 1.29 is 18.3 Å². The van der Waals surface area contributed by atoms with E-state index in [9.17, 15) is 18.3 Å². The molecule has 0 spiro atoms. The highest BCUT2D eigenvalue weighted by Gasteiger charge is 2.29. The van der Waals surface area contributed by atoms with E-state index in [1.54, 1.807) is 0 Å². The van der Waals surface area contributed by atoms with E-state index in [0.717, 1.165) is 12.1 Å². The van der Waals surface area contributed by atoms with Crippen LogP contribution in [0.4, 0.5) is 13.2 Å². The standard InChI is InChI=1S/C10H11F3O/c1-6(14)8-4-3-7(11)5-9(8)10(2,12)13/h3-6,14H,1-2H3. The Morgan fingerprint density at radius 3 is 2.36 bits per heavy atom. The fourth-order valence-electron chi connectivity index (χ4n) is 1.27. The molecule has 0 radical (unpaired) electrons. The van der Waals surface area contributed by atoms with Crippen molar-refractivity contribution in [1.82, 2.24) is 0 Å². The zero-order valence-corrected chi connectivity index (χ0v) is 7.89. The van der Waals surface area contributed by atoms with E-state index in [1.807, 2.05) is 0 Å². The van der Waals surface area contributed by atoms with E-state index >= 15 is 0 Å². The minimum atomic E-state index is -3.14. The van der Waals surface area contributed by atoms with Gasteiger partial charge < -0.3 is 5.11 Å². The van der Waals surface area contributed by atoms with Crippen molar-refractivity contribution in [3.05, 3.63) is 35.1 Å². The van der Waals surface area contributed by atoms with Gasteiger partial charge in [0.15, 0.2) is 0 Å². The summed E-state index contributed by atoms with van der Waals surface area (Å²) in [7, 11) is 0.